The summed E-state index contributed by atoms with van der Waals surface area (Å²) in [5, 5.41) is 6.35. The molecule has 2 aliphatic heterocycles. The second-order valence-electron chi connectivity index (χ2n) is 7.89. The smallest absolute Gasteiger partial charge is 0.329 e. The molecule has 0 unspecified atom stereocenters. The van der Waals surface area contributed by atoms with E-state index in [4.69, 9.17) is 23.7 Å². The summed E-state index contributed by atoms with van der Waals surface area (Å²) in [6.07, 6.45) is 1.35. The minimum Gasteiger partial charge on any atom is -0.493 e. The number of methoxy groups -OCH3 is 1. The molecular formula is C24H25BrN4O8. The van der Waals surface area contributed by atoms with Gasteiger partial charge in [-0.1, -0.05) is 6.07 Å². The van der Waals surface area contributed by atoms with E-state index in [1.807, 2.05) is 0 Å². The van der Waals surface area contributed by atoms with Crippen LogP contribution in [0.4, 0.5) is 0 Å². The molecule has 37 heavy (non-hydrogen) atoms. The number of benzene rings is 2. The summed E-state index contributed by atoms with van der Waals surface area (Å²) in [5.74, 6) is 0.00913. The second-order valence-corrected chi connectivity index (χ2v) is 8.74. The third-order valence-corrected chi connectivity index (χ3v) is 6.02. The van der Waals surface area contributed by atoms with Crippen molar-refractivity contribution in [1.29, 1.82) is 0 Å². The van der Waals surface area contributed by atoms with Crippen molar-refractivity contribution in [2.24, 2.45) is 5.10 Å². The van der Waals surface area contributed by atoms with Gasteiger partial charge >= 0.3 is 11.8 Å². The average molecular weight is 577 g/mol. The number of hydrazone groups is 1. The molecule has 0 bridgehead atoms. The minimum absolute atomic E-state index is 0.131. The van der Waals surface area contributed by atoms with Crippen LogP contribution in [0.15, 0.2) is 39.9 Å². The van der Waals surface area contributed by atoms with Gasteiger partial charge in [0.15, 0.2) is 29.6 Å². The van der Waals surface area contributed by atoms with Crippen molar-refractivity contribution < 1.29 is 38.1 Å². The second kappa shape index (κ2) is 12.4. The Kier molecular flexibility index (Phi) is 8.80. The van der Waals surface area contributed by atoms with E-state index in [1.165, 1.54) is 13.3 Å². The molecule has 2 N–H and O–H groups in total. The first kappa shape index (κ1) is 26.2. The van der Waals surface area contributed by atoms with Crippen molar-refractivity contribution in [2.75, 3.05) is 46.8 Å². The molecule has 12 nitrogen and oxygen atoms in total. The monoisotopic (exact) mass is 576 g/mol. The molecule has 0 atom stereocenters. The van der Waals surface area contributed by atoms with Gasteiger partial charge in [0.2, 0.25) is 6.79 Å². The Balaban J connectivity index is 1.28. The molecule has 1 fully saturated rings. The maximum absolute atomic E-state index is 12.4. The number of nitrogens with zero attached hydrogens (tertiary/aromatic N) is 2. The van der Waals surface area contributed by atoms with E-state index in [0.29, 0.717) is 59.3 Å². The number of halogens is 1. The van der Waals surface area contributed by atoms with E-state index in [9.17, 15) is 14.4 Å². The molecule has 0 aromatic heterocycles. The SMILES string of the molecule is COc1cc(/C=N\NC(=O)C(=O)NCc2ccc3c(c2)OCO3)cc(Br)c1OCC(=O)N1CCOCC1. The van der Waals surface area contributed by atoms with Gasteiger partial charge in [-0.05, 0) is 51.3 Å². The van der Waals surface area contributed by atoms with Gasteiger partial charge in [-0.25, -0.2) is 5.43 Å². The summed E-state index contributed by atoms with van der Waals surface area (Å²) >= 11 is 3.41. The van der Waals surface area contributed by atoms with E-state index in [-0.39, 0.29) is 25.9 Å². The highest BCUT2D eigenvalue weighted by Gasteiger charge is 2.20. The zero-order valence-electron chi connectivity index (χ0n) is 20.0. The van der Waals surface area contributed by atoms with Crippen LogP contribution in [0, 0.1) is 0 Å². The number of nitrogens with one attached hydrogen (secondary N) is 2. The first-order valence-electron chi connectivity index (χ1n) is 11.3. The van der Waals surface area contributed by atoms with Crippen molar-refractivity contribution >= 4 is 39.9 Å². The van der Waals surface area contributed by atoms with E-state index < -0.39 is 11.8 Å². The van der Waals surface area contributed by atoms with Gasteiger partial charge < -0.3 is 33.9 Å². The lowest BCUT2D eigenvalue weighted by atomic mass is 10.2. The third-order valence-electron chi connectivity index (χ3n) is 5.43. The number of hydrogen-bond donors (Lipinski definition) is 2. The summed E-state index contributed by atoms with van der Waals surface area (Å²) in [4.78, 5) is 38.2. The number of amides is 3. The van der Waals surface area contributed by atoms with Gasteiger partial charge in [0.25, 0.3) is 5.91 Å². The van der Waals surface area contributed by atoms with Crippen molar-refractivity contribution in [3.63, 3.8) is 0 Å². The molecule has 196 valence electrons. The molecule has 2 aromatic carbocycles. The summed E-state index contributed by atoms with van der Waals surface area (Å²) < 4.78 is 27.4. The zero-order valence-corrected chi connectivity index (χ0v) is 21.5. The molecule has 0 saturated carbocycles. The van der Waals surface area contributed by atoms with Crippen LogP contribution in [0.2, 0.25) is 0 Å². The number of hydrogen-bond acceptors (Lipinski definition) is 9. The predicted octanol–water partition coefficient (Wildman–Crippen LogP) is 1.19. The number of carbonyl (C=O) groups excluding carboxylic acids is 3. The normalized spacial score (nSPS) is 14.4. The Morgan fingerprint density at radius 2 is 1.89 bits per heavy atom. The fraction of sp³-hybridized carbons (Fsp3) is 0.333. The van der Waals surface area contributed by atoms with Crippen molar-refractivity contribution in [1.82, 2.24) is 15.6 Å². The Labute approximate surface area is 221 Å². The molecular weight excluding hydrogens is 552 g/mol. The minimum atomic E-state index is -0.926. The van der Waals surface area contributed by atoms with Crippen molar-refractivity contribution in [3.05, 3.63) is 45.9 Å². The molecule has 2 aromatic rings. The van der Waals surface area contributed by atoms with E-state index in [0.717, 1.165) is 5.56 Å². The van der Waals surface area contributed by atoms with Gasteiger partial charge in [-0.2, -0.15) is 5.10 Å². The Hall–Kier alpha value is -3.84. The molecule has 0 spiro atoms. The Morgan fingerprint density at radius 3 is 2.68 bits per heavy atom. The van der Waals surface area contributed by atoms with E-state index in [1.54, 1.807) is 35.2 Å². The first-order valence-corrected chi connectivity index (χ1v) is 12.1. The fourth-order valence-corrected chi connectivity index (χ4v) is 4.10. The largest absolute Gasteiger partial charge is 0.493 e. The van der Waals surface area contributed by atoms with Crippen molar-refractivity contribution in [3.8, 4) is 23.0 Å². The van der Waals surface area contributed by atoms with Crippen LogP contribution < -0.4 is 29.7 Å². The molecule has 0 radical (unpaired) electrons. The quantitative estimate of drug-likeness (QED) is 0.271. The zero-order chi connectivity index (χ0) is 26.2. The van der Waals surface area contributed by atoms with E-state index in [2.05, 4.69) is 31.8 Å². The van der Waals surface area contributed by atoms with Gasteiger partial charge in [0, 0.05) is 19.6 Å². The van der Waals surface area contributed by atoms with Gasteiger partial charge in [0.05, 0.1) is 31.0 Å². The molecule has 4 rings (SSSR count). The number of ether oxygens (including phenoxy) is 5. The highest BCUT2D eigenvalue weighted by atomic mass is 79.9. The average Bonchev–Trinajstić information content (AvgIpc) is 3.39. The van der Waals surface area contributed by atoms with Gasteiger partial charge in [0.1, 0.15) is 0 Å². The summed E-state index contributed by atoms with van der Waals surface area (Å²) in [6, 6.07) is 8.52. The van der Waals surface area contributed by atoms with Gasteiger partial charge in [-0.3, -0.25) is 14.4 Å². The Morgan fingerprint density at radius 1 is 1.11 bits per heavy atom. The molecule has 3 amide bonds. The summed E-state index contributed by atoms with van der Waals surface area (Å²) in [7, 11) is 1.46. The van der Waals surface area contributed by atoms with Gasteiger partial charge in [-0.15, -0.1) is 0 Å². The van der Waals surface area contributed by atoms with Crippen LogP contribution in [0.3, 0.4) is 0 Å². The maximum atomic E-state index is 12.4. The van der Waals surface area contributed by atoms with Crippen LogP contribution in [0.5, 0.6) is 23.0 Å². The molecule has 1 saturated heterocycles. The van der Waals surface area contributed by atoms with Crippen LogP contribution in [-0.4, -0.2) is 75.6 Å². The number of fused-ring (bicyclic) bond motifs is 1. The van der Waals surface area contributed by atoms with Crippen molar-refractivity contribution in [2.45, 2.75) is 6.54 Å². The van der Waals surface area contributed by atoms with Crippen LogP contribution in [0.25, 0.3) is 0 Å². The number of morpholine rings is 1. The molecule has 0 aliphatic carbocycles. The van der Waals surface area contributed by atoms with Crippen LogP contribution >= 0.6 is 15.9 Å². The van der Waals surface area contributed by atoms with Crippen LogP contribution in [0.1, 0.15) is 11.1 Å². The predicted molar refractivity (Wildman–Crippen MR) is 134 cm³/mol. The summed E-state index contributed by atoms with van der Waals surface area (Å²) in [5.41, 5.74) is 3.49. The van der Waals surface area contributed by atoms with Crippen LogP contribution in [-0.2, 0) is 25.7 Å². The molecule has 13 heteroatoms. The highest BCUT2D eigenvalue weighted by molar-refractivity contribution is 9.10. The lowest BCUT2D eigenvalue weighted by molar-refractivity contribution is -0.139. The topological polar surface area (TPSA) is 137 Å². The maximum Gasteiger partial charge on any atom is 0.329 e. The number of carbonyl (C=O) groups is 3. The Bertz CT molecular complexity index is 1200. The highest BCUT2D eigenvalue weighted by Crippen LogP contribution is 2.36. The molecule has 2 heterocycles. The lowest BCUT2D eigenvalue weighted by Crippen LogP contribution is -2.43. The standard InChI is InChI=1S/C24H25BrN4O8/c1-33-20-10-16(8-17(25)22(20)35-13-21(30)29-4-6-34-7-5-29)12-27-28-24(32)23(31)26-11-15-2-3-18-19(9-15)37-14-36-18/h2-3,8-10,12H,4-7,11,13-14H2,1H3,(H,26,31)(H,28,32)/b27-12-. The first-order chi connectivity index (χ1) is 17.9. The van der Waals surface area contributed by atoms with E-state index >= 15 is 0 Å². The fourth-order valence-electron chi connectivity index (χ4n) is 3.52. The number of rotatable bonds is 8. The summed E-state index contributed by atoms with van der Waals surface area (Å²) in [6.45, 7) is 2.19. The molecule has 2 aliphatic rings. The third kappa shape index (κ3) is 6.89. The lowest BCUT2D eigenvalue weighted by Gasteiger charge is -2.26.